The van der Waals surface area contributed by atoms with Crippen molar-refractivity contribution >= 4 is 11.6 Å². The van der Waals surface area contributed by atoms with E-state index >= 15 is 0 Å². The summed E-state index contributed by atoms with van der Waals surface area (Å²) >= 11 is 0. The van der Waals surface area contributed by atoms with Crippen LogP contribution in [-0.4, -0.2) is 55.0 Å². The van der Waals surface area contributed by atoms with Gasteiger partial charge in [0.2, 0.25) is 0 Å². The van der Waals surface area contributed by atoms with Crippen LogP contribution in [0.1, 0.15) is 30.1 Å². The van der Waals surface area contributed by atoms with Crippen molar-refractivity contribution in [2.24, 2.45) is 0 Å². The van der Waals surface area contributed by atoms with Gasteiger partial charge >= 0.3 is 0 Å². The van der Waals surface area contributed by atoms with Crippen molar-refractivity contribution < 1.29 is 9.53 Å². The number of allylic oxidation sites excluding steroid dienone is 1. The Hall–Kier alpha value is -2.79. The van der Waals surface area contributed by atoms with Crippen LogP contribution in [0.15, 0.2) is 66.6 Å². The molecule has 2 heterocycles. The minimum absolute atomic E-state index is 0.0309. The van der Waals surface area contributed by atoms with Crippen molar-refractivity contribution in [2.45, 2.75) is 19.8 Å². The second-order valence-corrected chi connectivity index (χ2v) is 7.70. The number of rotatable bonds is 6. The van der Waals surface area contributed by atoms with Gasteiger partial charge in [0.25, 0.3) is 5.91 Å². The van der Waals surface area contributed by atoms with E-state index in [1.165, 1.54) is 5.69 Å². The Morgan fingerprint density at radius 2 is 1.55 bits per heavy atom. The second kappa shape index (κ2) is 9.14. The molecule has 0 radical (unpaired) electrons. The van der Waals surface area contributed by atoms with Gasteiger partial charge in [0.15, 0.2) is 0 Å². The van der Waals surface area contributed by atoms with E-state index in [4.69, 9.17) is 4.74 Å². The summed E-state index contributed by atoms with van der Waals surface area (Å²) in [6.45, 7) is 8.08. The molecule has 5 nitrogen and oxygen atoms in total. The normalized spacial score (nSPS) is 17.4. The van der Waals surface area contributed by atoms with Crippen LogP contribution >= 0.6 is 0 Å². The molecule has 152 valence electrons. The summed E-state index contributed by atoms with van der Waals surface area (Å²) in [6.07, 6.45) is 3.76. The van der Waals surface area contributed by atoms with E-state index in [1.54, 1.807) is 6.26 Å². The summed E-state index contributed by atoms with van der Waals surface area (Å²) in [5.41, 5.74) is 2.82. The predicted molar refractivity (Wildman–Crippen MR) is 116 cm³/mol. The quantitative estimate of drug-likeness (QED) is 0.698. The van der Waals surface area contributed by atoms with Crippen LogP contribution in [-0.2, 0) is 0 Å². The molecule has 5 heteroatoms. The number of nitrogens with zero attached hydrogens (tertiary/aromatic N) is 3. The maximum Gasteiger partial charge on any atom is 0.261 e. The molecule has 0 aliphatic carbocycles. The second-order valence-electron chi connectivity index (χ2n) is 7.70. The Bertz CT molecular complexity index is 857. The summed E-state index contributed by atoms with van der Waals surface area (Å²) in [7, 11) is 0. The molecule has 2 aromatic carbocycles. The lowest BCUT2D eigenvalue weighted by atomic mass is 10.1. The maximum atomic E-state index is 12.9. The number of carbonyl (C=O) groups excluding carboxylic acids is 1. The van der Waals surface area contributed by atoms with Gasteiger partial charge in [-0.2, -0.15) is 0 Å². The first-order valence-corrected chi connectivity index (χ1v) is 10.5. The van der Waals surface area contributed by atoms with E-state index in [2.05, 4.69) is 40.1 Å². The number of piperazine rings is 1. The molecular weight excluding hydrogens is 362 g/mol. The number of amides is 1. The molecular formula is C24H29N3O2. The van der Waals surface area contributed by atoms with E-state index in [1.807, 2.05) is 36.1 Å². The van der Waals surface area contributed by atoms with Crippen molar-refractivity contribution in [3.63, 3.8) is 0 Å². The summed E-state index contributed by atoms with van der Waals surface area (Å²) in [6, 6.07) is 18.1. The van der Waals surface area contributed by atoms with Crippen molar-refractivity contribution in [1.29, 1.82) is 0 Å². The van der Waals surface area contributed by atoms with E-state index in [0.717, 1.165) is 57.8 Å². The van der Waals surface area contributed by atoms with Gasteiger partial charge in [-0.1, -0.05) is 30.3 Å². The van der Waals surface area contributed by atoms with Crippen LogP contribution in [0.25, 0.3) is 0 Å². The molecule has 2 aliphatic rings. The molecule has 1 fully saturated rings. The number of anilines is 1. The first-order chi connectivity index (χ1) is 14.2. The first-order valence-electron chi connectivity index (χ1n) is 10.5. The maximum absolute atomic E-state index is 12.9. The number of hydrogen-bond donors (Lipinski definition) is 0. The van der Waals surface area contributed by atoms with Crippen LogP contribution in [0.4, 0.5) is 5.69 Å². The zero-order chi connectivity index (χ0) is 20.1. The Balaban J connectivity index is 1.23. The number of fused-ring (bicyclic) bond motifs is 1. The van der Waals surface area contributed by atoms with E-state index in [0.29, 0.717) is 11.3 Å². The molecule has 4 rings (SSSR count). The standard InChI is InChI=1S/C24H29N3O2/c1-20-19-29-23-12-6-5-11-22(23)24(28)27(20)14-8-7-13-25-15-17-26(18-16-25)21-9-3-2-4-10-21/h2-6,9-12,19H,7-8,13-18H2,1H3. The highest BCUT2D eigenvalue weighted by atomic mass is 16.5. The highest BCUT2D eigenvalue weighted by molar-refractivity contribution is 5.98. The highest BCUT2D eigenvalue weighted by Crippen LogP contribution is 2.26. The Morgan fingerprint density at radius 3 is 2.34 bits per heavy atom. The van der Waals surface area contributed by atoms with Crippen LogP contribution in [0.3, 0.4) is 0 Å². The van der Waals surface area contributed by atoms with E-state index < -0.39 is 0 Å². The highest BCUT2D eigenvalue weighted by Gasteiger charge is 2.24. The molecule has 0 aromatic heterocycles. The zero-order valence-electron chi connectivity index (χ0n) is 17.1. The van der Waals surface area contributed by atoms with Crippen LogP contribution < -0.4 is 9.64 Å². The van der Waals surface area contributed by atoms with Crippen LogP contribution in [0, 0.1) is 0 Å². The van der Waals surface area contributed by atoms with Gasteiger partial charge in [-0.15, -0.1) is 0 Å². The third-order valence-electron chi connectivity index (χ3n) is 5.74. The summed E-state index contributed by atoms with van der Waals surface area (Å²) < 4.78 is 5.67. The number of hydrogen-bond acceptors (Lipinski definition) is 4. The Labute approximate surface area is 173 Å². The fourth-order valence-corrected chi connectivity index (χ4v) is 4.02. The predicted octanol–water partition coefficient (Wildman–Crippen LogP) is 3.98. The number of unbranched alkanes of at least 4 members (excludes halogenated alkanes) is 1. The van der Waals surface area contributed by atoms with Gasteiger partial charge in [-0.25, -0.2) is 0 Å². The van der Waals surface area contributed by atoms with Crippen molar-refractivity contribution in [1.82, 2.24) is 9.80 Å². The van der Waals surface area contributed by atoms with Crippen LogP contribution in [0.5, 0.6) is 5.75 Å². The molecule has 0 saturated carbocycles. The van der Waals surface area contributed by atoms with Gasteiger partial charge in [0.1, 0.15) is 12.0 Å². The molecule has 0 atom stereocenters. The Kier molecular flexibility index (Phi) is 6.15. The number of para-hydroxylation sites is 2. The molecule has 1 amide bonds. The summed E-state index contributed by atoms with van der Waals surface area (Å²) in [5.74, 6) is 0.666. The molecule has 0 N–H and O–H groups in total. The van der Waals surface area contributed by atoms with Gasteiger partial charge < -0.3 is 14.5 Å². The van der Waals surface area contributed by atoms with Crippen molar-refractivity contribution in [3.05, 3.63) is 72.1 Å². The molecule has 2 aliphatic heterocycles. The molecule has 0 unspecified atom stereocenters. The lowest BCUT2D eigenvalue weighted by Crippen LogP contribution is -2.46. The third-order valence-corrected chi connectivity index (χ3v) is 5.74. The third kappa shape index (κ3) is 4.62. The molecule has 0 bridgehead atoms. The lowest BCUT2D eigenvalue weighted by Gasteiger charge is -2.36. The van der Waals surface area contributed by atoms with Crippen LogP contribution in [0.2, 0.25) is 0 Å². The molecule has 0 spiro atoms. The summed E-state index contributed by atoms with van der Waals surface area (Å²) in [5, 5.41) is 0. The topological polar surface area (TPSA) is 36.0 Å². The zero-order valence-corrected chi connectivity index (χ0v) is 17.1. The number of carbonyl (C=O) groups is 1. The number of ether oxygens (including phenoxy) is 1. The molecule has 2 aromatic rings. The van der Waals surface area contributed by atoms with E-state index in [-0.39, 0.29) is 5.91 Å². The SMILES string of the molecule is CC1=COc2ccccc2C(=O)N1CCCCN1CCN(c2ccccc2)CC1. The first kappa shape index (κ1) is 19.5. The largest absolute Gasteiger partial charge is 0.462 e. The summed E-state index contributed by atoms with van der Waals surface area (Å²) in [4.78, 5) is 19.7. The fourth-order valence-electron chi connectivity index (χ4n) is 4.02. The number of benzene rings is 2. The molecule has 29 heavy (non-hydrogen) atoms. The molecule has 1 saturated heterocycles. The Morgan fingerprint density at radius 1 is 0.862 bits per heavy atom. The smallest absolute Gasteiger partial charge is 0.261 e. The van der Waals surface area contributed by atoms with Gasteiger partial charge in [0, 0.05) is 38.4 Å². The average molecular weight is 392 g/mol. The van der Waals surface area contributed by atoms with Gasteiger partial charge in [-0.05, 0) is 50.6 Å². The fraction of sp³-hybridized carbons (Fsp3) is 0.375. The van der Waals surface area contributed by atoms with Gasteiger partial charge in [-0.3, -0.25) is 9.69 Å². The van der Waals surface area contributed by atoms with Gasteiger partial charge in [0.05, 0.1) is 11.3 Å². The monoisotopic (exact) mass is 391 g/mol. The minimum atomic E-state index is 0.0309. The van der Waals surface area contributed by atoms with Crippen molar-refractivity contribution in [3.8, 4) is 5.75 Å². The van der Waals surface area contributed by atoms with Crippen molar-refractivity contribution in [2.75, 3.05) is 44.2 Å². The minimum Gasteiger partial charge on any atom is -0.462 e. The average Bonchev–Trinajstić information content (AvgIpc) is 2.89. The van der Waals surface area contributed by atoms with E-state index in [9.17, 15) is 4.79 Å². The lowest BCUT2D eigenvalue weighted by molar-refractivity contribution is 0.0804.